The van der Waals surface area contributed by atoms with Crippen molar-refractivity contribution < 1.29 is 9.47 Å². The van der Waals surface area contributed by atoms with E-state index < -0.39 is 0 Å². The molecule has 1 atom stereocenters. The fourth-order valence-corrected chi connectivity index (χ4v) is 4.29. The van der Waals surface area contributed by atoms with Gasteiger partial charge in [-0.1, -0.05) is 12.1 Å². The Labute approximate surface area is 194 Å². The normalized spacial score (nSPS) is 20.0. The minimum atomic E-state index is 0.584. The highest BCUT2D eigenvalue weighted by atomic mass is 16.5. The third-order valence-corrected chi connectivity index (χ3v) is 6.45. The number of aliphatic imine (C=N–C) groups is 1. The first kappa shape index (κ1) is 24.8. The van der Waals surface area contributed by atoms with Crippen molar-refractivity contribution in [3.8, 4) is 0 Å². The highest BCUT2D eigenvalue weighted by Gasteiger charge is 2.18. The van der Waals surface area contributed by atoms with Gasteiger partial charge in [0.2, 0.25) is 0 Å². The molecule has 0 aromatic heterocycles. The first-order valence-electron chi connectivity index (χ1n) is 12.4. The van der Waals surface area contributed by atoms with Gasteiger partial charge in [-0.25, -0.2) is 0 Å². The average molecular weight is 446 g/mol. The number of piperazine rings is 1. The summed E-state index contributed by atoms with van der Waals surface area (Å²) in [6.45, 7) is 17.9. The van der Waals surface area contributed by atoms with Crippen LogP contribution in [-0.2, 0) is 9.47 Å². The van der Waals surface area contributed by atoms with Crippen molar-refractivity contribution in [3.05, 3.63) is 29.3 Å². The molecule has 2 aliphatic rings. The Bertz CT molecular complexity index is 698. The number of hydrogen-bond donors (Lipinski definition) is 2. The van der Waals surface area contributed by atoms with Crippen LogP contribution in [0.3, 0.4) is 0 Å². The van der Waals surface area contributed by atoms with Gasteiger partial charge in [0.05, 0.1) is 13.2 Å². The number of ether oxygens (including phenoxy) is 2. The maximum atomic E-state index is 5.77. The molecule has 32 heavy (non-hydrogen) atoms. The van der Waals surface area contributed by atoms with Crippen LogP contribution in [0.25, 0.3) is 0 Å². The van der Waals surface area contributed by atoms with Gasteiger partial charge in [-0.05, 0) is 50.8 Å². The van der Waals surface area contributed by atoms with Gasteiger partial charge in [-0.3, -0.25) is 9.89 Å². The maximum Gasteiger partial charge on any atom is 0.191 e. The second-order valence-corrected chi connectivity index (χ2v) is 8.89. The van der Waals surface area contributed by atoms with E-state index in [1.807, 2.05) is 0 Å². The summed E-state index contributed by atoms with van der Waals surface area (Å²) in [5.74, 6) is 1.49. The zero-order valence-corrected chi connectivity index (χ0v) is 20.4. The smallest absolute Gasteiger partial charge is 0.191 e. The van der Waals surface area contributed by atoms with Crippen LogP contribution in [0.4, 0.5) is 5.69 Å². The third-order valence-electron chi connectivity index (χ3n) is 6.45. The molecule has 2 aliphatic heterocycles. The molecular formula is C25H43N5O2. The Morgan fingerprint density at radius 2 is 2.03 bits per heavy atom. The molecule has 7 heteroatoms. The number of rotatable bonds is 11. The van der Waals surface area contributed by atoms with Crippen molar-refractivity contribution in [2.45, 2.75) is 33.6 Å². The maximum absolute atomic E-state index is 5.77. The van der Waals surface area contributed by atoms with Crippen molar-refractivity contribution >= 4 is 11.6 Å². The Morgan fingerprint density at radius 3 is 2.78 bits per heavy atom. The van der Waals surface area contributed by atoms with Crippen LogP contribution in [0.1, 0.15) is 30.9 Å². The number of benzene rings is 1. The van der Waals surface area contributed by atoms with Crippen LogP contribution < -0.4 is 15.5 Å². The second kappa shape index (κ2) is 13.7. The van der Waals surface area contributed by atoms with Crippen molar-refractivity contribution in [1.82, 2.24) is 15.5 Å². The van der Waals surface area contributed by atoms with E-state index in [-0.39, 0.29) is 0 Å². The van der Waals surface area contributed by atoms with Gasteiger partial charge < -0.3 is 25.0 Å². The molecule has 0 spiro atoms. The summed E-state index contributed by atoms with van der Waals surface area (Å²) in [6.07, 6.45) is 2.08. The van der Waals surface area contributed by atoms with Gasteiger partial charge in [0.15, 0.2) is 5.96 Å². The van der Waals surface area contributed by atoms with Gasteiger partial charge in [0.1, 0.15) is 0 Å². The Balaban J connectivity index is 1.30. The lowest BCUT2D eigenvalue weighted by Crippen LogP contribution is -2.49. The van der Waals surface area contributed by atoms with Gasteiger partial charge in [-0.2, -0.15) is 0 Å². The summed E-state index contributed by atoms with van der Waals surface area (Å²) >= 11 is 0. The molecule has 0 bridgehead atoms. The lowest BCUT2D eigenvalue weighted by Gasteiger charge is -2.37. The van der Waals surface area contributed by atoms with Crippen molar-refractivity contribution in [2.24, 2.45) is 10.9 Å². The zero-order valence-electron chi connectivity index (χ0n) is 20.4. The van der Waals surface area contributed by atoms with Gasteiger partial charge in [0, 0.05) is 77.2 Å². The van der Waals surface area contributed by atoms with Crippen molar-refractivity contribution in [2.75, 3.05) is 83.7 Å². The second-order valence-electron chi connectivity index (χ2n) is 8.89. The van der Waals surface area contributed by atoms with E-state index in [9.17, 15) is 0 Å². The predicted molar refractivity (Wildman–Crippen MR) is 133 cm³/mol. The molecule has 7 nitrogen and oxygen atoms in total. The van der Waals surface area contributed by atoms with Crippen LogP contribution >= 0.6 is 0 Å². The van der Waals surface area contributed by atoms with Crippen LogP contribution in [0.2, 0.25) is 0 Å². The van der Waals surface area contributed by atoms with E-state index in [4.69, 9.17) is 14.5 Å². The van der Waals surface area contributed by atoms with Gasteiger partial charge in [0.25, 0.3) is 0 Å². The van der Waals surface area contributed by atoms with E-state index in [1.165, 1.54) is 16.8 Å². The molecule has 0 saturated carbocycles. The first-order valence-corrected chi connectivity index (χ1v) is 12.4. The minimum absolute atomic E-state index is 0.584. The molecule has 2 fully saturated rings. The highest BCUT2D eigenvalue weighted by Crippen LogP contribution is 2.23. The predicted octanol–water partition coefficient (Wildman–Crippen LogP) is 2.42. The van der Waals surface area contributed by atoms with E-state index in [2.05, 4.69) is 59.4 Å². The SMILES string of the molecule is CCNC(=NCCCOCC1CCOC1)NCCN1CCN(c2cccc(C)c2C)CC1. The molecule has 2 saturated heterocycles. The summed E-state index contributed by atoms with van der Waals surface area (Å²) < 4.78 is 11.2. The Morgan fingerprint density at radius 1 is 1.19 bits per heavy atom. The largest absolute Gasteiger partial charge is 0.381 e. The van der Waals surface area contributed by atoms with E-state index in [0.29, 0.717) is 5.92 Å². The topological polar surface area (TPSA) is 61.4 Å². The number of nitrogens with one attached hydrogen (secondary N) is 2. The minimum Gasteiger partial charge on any atom is -0.381 e. The molecule has 0 aliphatic carbocycles. The van der Waals surface area contributed by atoms with E-state index in [0.717, 1.165) is 97.6 Å². The summed E-state index contributed by atoms with van der Waals surface area (Å²) in [5, 5.41) is 6.84. The standard InChI is InChI=1S/C25H43N5O2/c1-4-26-25(27-10-6-17-31-19-23-9-18-32-20-23)28-11-12-29-13-15-30(16-14-29)24-8-5-7-21(2)22(24)3/h5,7-8,23H,4,6,9-20H2,1-3H3,(H2,26,27,28). The molecule has 1 aromatic rings. The molecule has 0 radical (unpaired) electrons. The third kappa shape index (κ3) is 7.94. The van der Waals surface area contributed by atoms with E-state index in [1.54, 1.807) is 0 Å². The van der Waals surface area contributed by atoms with Crippen molar-refractivity contribution in [3.63, 3.8) is 0 Å². The van der Waals surface area contributed by atoms with Crippen LogP contribution in [0.15, 0.2) is 23.2 Å². The molecule has 180 valence electrons. The molecule has 0 amide bonds. The van der Waals surface area contributed by atoms with Gasteiger partial charge >= 0.3 is 0 Å². The molecule has 2 N–H and O–H groups in total. The summed E-state index contributed by atoms with van der Waals surface area (Å²) in [7, 11) is 0. The Hall–Kier alpha value is -1.83. The van der Waals surface area contributed by atoms with Crippen LogP contribution in [0, 0.1) is 19.8 Å². The molecular weight excluding hydrogens is 402 g/mol. The summed E-state index contributed by atoms with van der Waals surface area (Å²) in [5.41, 5.74) is 4.18. The fourth-order valence-electron chi connectivity index (χ4n) is 4.29. The number of nitrogens with zero attached hydrogens (tertiary/aromatic N) is 3. The zero-order chi connectivity index (χ0) is 22.6. The first-order chi connectivity index (χ1) is 15.7. The number of guanidine groups is 1. The van der Waals surface area contributed by atoms with Crippen LogP contribution in [-0.4, -0.2) is 89.6 Å². The molecule has 1 aromatic carbocycles. The monoisotopic (exact) mass is 445 g/mol. The quantitative estimate of drug-likeness (QED) is 0.310. The fraction of sp³-hybridized carbons (Fsp3) is 0.720. The summed E-state index contributed by atoms with van der Waals surface area (Å²) in [6, 6.07) is 6.63. The average Bonchev–Trinajstić information content (AvgIpc) is 3.32. The number of hydrogen-bond acceptors (Lipinski definition) is 5. The highest BCUT2D eigenvalue weighted by molar-refractivity contribution is 5.79. The number of anilines is 1. The van der Waals surface area contributed by atoms with E-state index >= 15 is 0 Å². The summed E-state index contributed by atoms with van der Waals surface area (Å²) in [4.78, 5) is 9.77. The lowest BCUT2D eigenvalue weighted by atomic mass is 10.1. The molecule has 2 heterocycles. The molecule has 1 unspecified atom stereocenters. The van der Waals surface area contributed by atoms with Gasteiger partial charge in [-0.15, -0.1) is 0 Å². The molecule has 3 rings (SSSR count). The lowest BCUT2D eigenvalue weighted by molar-refractivity contribution is 0.0893. The van der Waals surface area contributed by atoms with Crippen LogP contribution in [0.5, 0.6) is 0 Å². The Kier molecular flexibility index (Phi) is 10.6. The number of aryl methyl sites for hydroxylation is 1. The van der Waals surface area contributed by atoms with Crippen molar-refractivity contribution in [1.29, 1.82) is 0 Å².